The van der Waals surface area contributed by atoms with Gasteiger partial charge in [0.25, 0.3) is 5.91 Å². The van der Waals surface area contributed by atoms with Crippen molar-refractivity contribution in [3.63, 3.8) is 0 Å². The summed E-state index contributed by atoms with van der Waals surface area (Å²) >= 11 is 1.37. The normalized spacial score (nSPS) is 10.2. The number of nitrogens with one attached hydrogen (secondary N) is 1. The average molecular weight is 249 g/mol. The summed E-state index contributed by atoms with van der Waals surface area (Å²) in [5.74, 6) is -0.209. The van der Waals surface area contributed by atoms with E-state index in [0.29, 0.717) is 5.13 Å². The molecule has 0 aromatic carbocycles. The van der Waals surface area contributed by atoms with Crippen molar-refractivity contribution in [1.82, 2.24) is 9.97 Å². The van der Waals surface area contributed by atoms with Gasteiger partial charge in [0.15, 0.2) is 5.13 Å². The Bertz CT molecular complexity index is 498. The van der Waals surface area contributed by atoms with E-state index in [1.165, 1.54) is 18.4 Å². The Morgan fingerprint density at radius 3 is 3.18 bits per heavy atom. The Morgan fingerprint density at radius 1 is 1.59 bits per heavy atom. The molecule has 1 amide bonds. The number of pyridine rings is 1. The second kappa shape index (κ2) is 5.51. The summed E-state index contributed by atoms with van der Waals surface area (Å²) in [6.07, 6.45) is 3.44. The van der Waals surface area contributed by atoms with Crippen molar-refractivity contribution in [1.29, 1.82) is 0 Å². The molecule has 0 unspecified atom stereocenters. The smallest absolute Gasteiger partial charge is 0.252 e. The molecule has 0 aliphatic carbocycles. The first-order valence-electron chi connectivity index (χ1n) is 4.94. The quantitative estimate of drug-likeness (QED) is 0.897. The van der Waals surface area contributed by atoms with Gasteiger partial charge in [0.05, 0.1) is 5.69 Å². The number of methoxy groups -OCH3 is 1. The van der Waals surface area contributed by atoms with Crippen molar-refractivity contribution in [3.05, 3.63) is 29.9 Å². The SMILES string of the molecule is COCC(=O)Nc1nc(-c2cccnc2)cs1. The van der Waals surface area contributed by atoms with Gasteiger partial charge in [0, 0.05) is 30.4 Å². The van der Waals surface area contributed by atoms with Crippen LogP contribution < -0.4 is 5.32 Å². The molecule has 0 radical (unpaired) electrons. The highest BCUT2D eigenvalue weighted by atomic mass is 32.1. The number of amides is 1. The minimum absolute atomic E-state index is 0.0296. The van der Waals surface area contributed by atoms with Gasteiger partial charge in [0.1, 0.15) is 6.61 Å². The van der Waals surface area contributed by atoms with E-state index >= 15 is 0 Å². The molecule has 6 heteroatoms. The maximum atomic E-state index is 11.3. The van der Waals surface area contributed by atoms with E-state index in [2.05, 4.69) is 15.3 Å². The number of hydrogen-bond acceptors (Lipinski definition) is 5. The van der Waals surface area contributed by atoms with Crippen molar-refractivity contribution in [2.45, 2.75) is 0 Å². The zero-order valence-electron chi connectivity index (χ0n) is 9.21. The van der Waals surface area contributed by atoms with E-state index in [4.69, 9.17) is 4.74 Å². The Labute approximate surface area is 102 Å². The van der Waals surface area contributed by atoms with Gasteiger partial charge in [-0.1, -0.05) is 0 Å². The fourth-order valence-electron chi connectivity index (χ4n) is 1.26. The molecule has 0 aliphatic heterocycles. The van der Waals surface area contributed by atoms with Crippen LogP contribution in [0.25, 0.3) is 11.3 Å². The molecule has 88 valence electrons. The van der Waals surface area contributed by atoms with E-state index in [1.54, 1.807) is 12.4 Å². The van der Waals surface area contributed by atoms with Crippen LogP contribution in [0.1, 0.15) is 0 Å². The van der Waals surface area contributed by atoms with Crippen LogP contribution in [0.3, 0.4) is 0 Å². The maximum absolute atomic E-state index is 11.3. The highest BCUT2D eigenvalue weighted by Gasteiger charge is 2.07. The summed E-state index contributed by atoms with van der Waals surface area (Å²) < 4.78 is 4.72. The predicted octanol–water partition coefficient (Wildman–Crippen LogP) is 1.79. The van der Waals surface area contributed by atoms with E-state index < -0.39 is 0 Å². The Kier molecular flexibility index (Phi) is 3.79. The molecular weight excluding hydrogens is 238 g/mol. The van der Waals surface area contributed by atoms with E-state index in [0.717, 1.165) is 11.3 Å². The van der Waals surface area contributed by atoms with Gasteiger partial charge in [-0.25, -0.2) is 4.98 Å². The van der Waals surface area contributed by atoms with Crippen molar-refractivity contribution in [2.24, 2.45) is 0 Å². The number of carbonyl (C=O) groups is 1. The number of ether oxygens (including phenoxy) is 1. The highest BCUT2D eigenvalue weighted by Crippen LogP contribution is 2.23. The standard InChI is InChI=1S/C11H11N3O2S/c1-16-6-10(15)14-11-13-9(7-17-11)8-3-2-4-12-5-8/h2-5,7H,6H2,1H3,(H,13,14,15). The van der Waals surface area contributed by atoms with Crippen LogP contribution in [0.2, 0.25) is 0 Å². The van der Waals surface area contributed by atoms with E-state index in [-0.39, 0.29) is 12.5 Å². The van der Waals surface area contributed by atoms with Crippen molar-refractivity contribution < 1.29 is 9.53 Å². The molecule has 0 aliphatic rings. The minimum atomic E-state index is -0.209. The van der Waals surface area contributed by atoms with Gasteiger partial charge in [-0.2, -0.15) is 0 Å². The van der Waals surface area contributed by atoms with Crippen molar-refractivity contribution in [2.75, 3.05) is 19.0 Å². The largest absolute Gasteiger partial charge is 0.375 e. The second-order valence-electron chi connectivity index (χ2n) is 3.26. The first kappa shape index (κ1) is 11.7. The van der Waals surface area contributed by atoms with E-state index in [9.17, 15) is 4.79 Å². The molecule has 17 heavy (non-hydrogen) atoms. The molecule has 5 nitrogen and oxygen atoms in total. The fourth-order valence-corrected chi connectivity index (χ4v) is 2.00. The van der Waals surface area contributed by atoms with Crippen LogP contribution in [-0.2, 0) is 9.53 Å². The Balaban J connectivity index is 2.09. The first-order chi connectivity index (χ1) is 8.29. The molecule has 0 atom stereocenters. The monoisotopic (exact) mass is 249 g/mol. The number of rotatable bonds is 4. The lowest BCUT2D eigenvalue weighted by Crippen LogP contribution is -2.16. The molecule has 0 bridgehead atoms. The third-order valence-corrected chi connectivity index (χ3v) is 2.74. The predicted molar refractivity (Wildman–Crippen MR) is 65.9 cm³/mol. The summed E-state index contributed by atoms with van der Waals surface area (Å²) in [6, 6.07) is 3.76. The van der Waals surface area contributed by atoms with Crippen LogP contribution in [0.15, 0.2) is 29.9 Å². The lowest BCUT2D eigenvalue weighted by atomic mass is 10.2. The van der Waals surface area contributed by atoms with Crippen molar-refractivity contribution >= 4 is 22.4 Å². The number of thiazole rings is 1. The number of hydrogen-bond donors (Lipinski definition) is 1. The zero-order valence-corrected chi connectivity index (χ0v) is 10.0. The Hall–Kier alpha value is -1.79. The molecule has 0 fully saturated rings. The van der Waals surface area contributed by atoms with Gasteiger partial charge in [-0.05, 0) is 12.1 Å². The van der Waals surface area contributed by atoms with Gasteiger partial charge in [-0.15, -0.1) is 11.3 Å². The molecule has 0 saturated carbocycles. The highest BCUT2D eigenvalue weighted by molar-refractivity contribution is 7.14. The second-order valence-corrected chi connectivity index (χ2v) is 4.12. The third kappa shape index (κ3) is 3.08. The average Bonchev–Trinajstić information content (AvgIpc) is 2.79. The number of anilines is 1. The van der Waals surface area contributed by atoms with Gasteiger partial charge < -0.3 is 4.74 Å². The van der Waals surface area contributed by atoms with Gasteiger partial charge in [-0.3, -0.25) is 15.1 Å². The number of aromatic nitrogens is 2. The summed E-state index contributed by atoms with van der Waals surface area (Å²) in [4.78, 5) is 19.6. The topological polar surface area (TPSA) is 64.1 Å². The van der Waals surface area contributed by atoms with Crippen LogP contribution in [0.5, 0.6) is 0 Å². The number of carbonyl (C=O) groups excluding carboxylic acids is 1. The number of nitrogens with zero attached hydrogens (tertiary/aromatic N) is 2. The summed E-state index contributed by atoms with van der Waals surface area (Å²) in [6.45, 7) is 0.0296. The van der Waals surface area contributed by atoms with Crippen LogP contribution in [0.4, 0.5) is 5.13 Å². The van der Waals surface area contributed by atoms with Crippen LogP contribution in [0, 0.1) is 0 Å². The summed E-state index contributed by atoms with van der Waals surface area (Å²) in [7, 11) is 1.47. The van der Waals surface area contributed by atoms with E-state index in [1.807, 2.05) is 17.5 Å². The lowest BCUT2D eigenvalue weighted by Gasteiger charge is -1.99. The fraction of sp³-hybridized carbons (Fsp3) is 0.182. The molecular formula is C11H11N3O2S. The molecule has 2 rings (SSSR count). The lowest BCUT2D eigenvalue weighted by molar-refractivity contribution is -0.119. The maximum Gasteiger partial charge on any atom is 0.252 e. The molecule has 2 aromatic rings. The van der Waals surface area contributed by atoms with Crippen LogP contribution >= 0.6 is 11.3 Å². The molecule has 0 spiro atoms. The third-order valence-electron chi connectivity index (χ3n) is 1.98. The van der Waals surface area contributed by atoms with Crippen LogP contribution in [-0.4, -0.2) is 29.6 Å². The molecule has 0 saturated heterocycles. The molecule has 2 aromatic heterocycles. The van der Waals surface area contributed by atoms with Crippen molar-refractivity contribution in [3.8, 4) is 11.3 Å². The first-order valence-corrected chi connectivity index (χ1v) is 5.82. The Morgan fingerprint density at radius 2 is 2.47 bits per heavy atom. The molecule has 1 N–H and O–H groups in total. The van der Waals surface area contributed by atoms with Gasteiger partial charge in [0.2, 0.25) is 0 Å². The summed E-state index contributed by atoms with van der Waals surface area (Å²) in [5.41, 5.74) is 1.73. The summed E-state index contributed by atoms with van der Waals surface area (Å²) in [5, 5.41) is 5.09. The minimum Gasteiger partial charge on any atom is -0.375 e. The zero-order chi connectivity index (χ0) is 12.1. The molecule has 2 heterocycles. The van der Waals surface area contributed by atoms with Gasteiger partial charge >= 0.3 is 0 Å².